The van der Waals surface area contributed by atoms with Gasteiger partial charge in [-0.15, -0.1) is 0 Å². The SMILES string of the molecule is CN(C)C(C)(C)CNCc1ccc(Br)cc1Cl. The van der Waals surface area contributed by atoms with Gasteiger partial charge in [-0.2, -0.15) is 0 Å². The normalized spacial score (nSPS) is 12.2. The molecular weight excluding hydrogens is 300 g/mol. The Hall–Kier alpha value is -0.0900. The van der Waals surface area contributed by atoms with E-state index in [1.165, 1.54) is 0 Å². The van der Waals surface area contributed by atoms with Crippen LogP contribution in [0, 0.1) is 0 Å². The van der Waals surface area contributed by atoms with Crippen molar-refractivity contribution in [2.45, 2.75) is 25.9 Å². The molecule has 1 aromatic carbocycles. The number of hydrogen-bond acceptors (Lipinski definition) is 2. The molecule has 1 rings (SSSR count). The Bertz CT molecular complexity index is 378. The first-order valence-electron chi connectivity index (χ1n) is 5.65. The van der Waals surface area contributed by atoms with Crippen LogP contribution < -0.4 is 5.32 Å². The molecule has 0 heterocycles. The zero-order chi connectivity index (χ0) is 13.1. The zero-order valence-corrected chi connectivity index (χ0v) is 13.2. The molecule has 0 spiro atoms. The Balaban J connectivity index is 2.51. The maximum absolute atomic E-state index is 6.16. The highest BCUT2D eigenvalue weighted by Gasteiger charge is 2.19. The third-order valence-corrected chi connectivity index (χ3v) is 3.94. The molecule has 96 valence electrons. The lowest BCUT2D eigenvalue weighted by molar-refractivity contribution is 0.190. The lowest BCUT2D eigenvalue weighted by atomic mass is 10.0. The average Bonchev–Trinajstić information content (AvgIpc) is 2.21. The topological polar surface area (TPSA) is 15.3 Å². The van der Waals surface area contributed by atoms with Gasteiger partial charge in [0.1, 0.15) is 0 Å². The monoisotopic (exact) mass is 318 g/mol. The first-order valence-corrected chi connectivity index (χ1v) is 6.82. The molecule has 0 saturated heterocycles. The molecule has 0 aliphatic heterocycles. The molecular formula is C13H20BrClN2. The summed E-state index contributed by atoms with van der Waals surface area (Å²) in [5, 5.41) is 4.24. The van der Waals surface area contributed by atoms with E-state index in [0.29, 0.717) is 0 Å². The van der Waals surface area contributed by atoms with Gasteiger partial charge in [0, 0.05) is 28.1 Å². The molecule has 0 amide bonds. The molecule has 0 aliphatic rings. The fraction of sp³-hybridized carbons (Fsp3) is 0.538. The highest BCUT2D eigenvalue weighted by molar-refractivity contribution is 9.10. The lowest BCUT2D eigenvalue weighted by Gasteiger charge is -2.32. The fourth-order valence-corrected chi connectivity index (χ4v) is 2.07. The summed E-state index contributed by atoms with van der Waals surface area (Å²) >= 11 is 9.57. The van der Waals surface area contributed by atoms with Crippen molar-refractivity contribution >= 4 is 27.5 Å². The van der Waals surface area contributed by atoms with Crippen LogP contribution in [0.5, 0.6) is 0 Å². The van der Waals surface area contributed by atoms with E-state index < -0.39 is 0 Å². The molecule has 0 atom stereocenters. The summed E-state index contributed by atoms with van der Waals surface area (Å²) in [5.74, 6) is 0. The minimum absolute atomic E-state index is 0.141. The van der Waals surface area contributed by atoms with E-state index in [9.17, 15) is 0 Å². The number of likely N-dealkylation sites (N-methyl/N-ethyl adjacent to an activating group) is 1. The summed E-state index contributed by atoms with van der Waals surface area (Å²) in [5.41, 5.74) is 1.27. The van der Waals surface area contributed by atoms with Crippen LogP contribution in [0.1, 0.15) is 19.4 Å². The van der Waals surface area contributed by atoms with Gasteiger partial charge in [-0.3, -0.25) is 0 Å². The van der Waals surface area contributed by atoms with Gasteiger partial charge in [-0.25, -0.2) is 0 Å². The number of nitrogens with one attached hydrogen (secondary N) is 1. The van der Waals surface area contributed by atoms with E-state index in [2.05, 4.69) is 54.1 Å². The molecule has 0 fully saturated rings. The summed E-state index contributed by atoms with van der Waals surface area (Å²) in [6, 6.07) is 5.98. The molecule has 4 heteroatoms. The Morgan fingerprint density at radius 2 is 2.00 bits per heavy atom. The first-order chi connectivity index (χ1) is 7.83. The molecule has 0 bridgehead atoms. The summed E-state index contributed by atoms with van der Waals surface area (Å²) in [6.07, 6.45) is 0. The summed E-state index contributed by atoms with van der Waals surface area (Å²) < 4.78 is 1.01. The van der Waals surface area contributed by atoms with Crippen molar-refractivity contribution in [3.63, 3.8) is 0 Å². The lowest BCUT2D eigenvalue weighted by Crippen LogP contribution is -2.46. The van der Waals surface area contributed by atoms with E-state index >= 15 is 0 Å². The van der Waals surface area contributed by atoms with E-state index in [1.54, 1.807) is 0 Å². The maximum Gasteiger partial charge on any atom is 0.0462 e. The number of benzene rings is 1. The van der Waals surface area contributed by atoms with Crippen LogP contribution in [0.15, 0.2) is 22.7 Å². The third kappa shape index (κ3) is 4.59. The molecule has 0 aromatic heterocycles. The Labute approximate surface area is 117 Å². The summed E-state index contributed by atoms with van der Waals surface area (Å²) in [7, 11) is 4.18. The smallest absolute Gasteiger partial charge is 0.0462 e. The standard InChI is InChI=1S/C13H20BrClN2/c1-13(2,17(3)4)9-16-8-10-5-6-11(14)7-12(10)15/h5-7,16H,8-9H2,1-4H3. The second-order valence-electron chi connectivity index (χ2n) is 5.05. The van der Waals surface area contributed by atoms with Crippen LogP contribution in [0.25, 0.3) is 0 Å². The van der Waals surface area contributed by atoms with E-state index in [0.717, 1.165) is 28.1 Å². The van der Waals surface area contributed by atoms with Gasteiger partial charge < -0.3 is 10.2 Å². The Morgan fingerprint density at radius 1 is 1.35 bits per heavy atom. The van der Waals surface area contributed by atoms with Crippen molar-refractivity contribution in [2.24, 2.45) is 0 Å². The zero-order valence-electron chi connectivity index (χ0n) is 10.8. The van der Waals surface area contributed by atoms with Crippen molar-refractivity contribution in [2.75, 3.05) is 20.6 Å². The van der Waals surface area contributed by atoms with Crippen LogP contribution in [0.2, 0.25) is 5.02 Å². The Morgan fingerprint density at radius 3 is 2.53 bits per heavy atom. The van der Waals surface area contributed by atoms with Crippen LogP contribution in [-0.4, -0.2) is 31.1 Å². The van der Waals surface area contributed by atoms with Crippen LogP contribution in [0.3, 0.4) is 0 Å². The van der Waals surface area contributed by atoms with Gasteiger partial charge in [-0.05, 0) is 45.6 Å². The minimum atomic E-state index is 0.141. The fourth-order valence-electron chi connectivity index (χ4n) is 1.33. The molecule has 0 saturated carbocycles. The number of halogens is 2. The van der Waals surface area contributed by atoms with Crippen molar-refractivity contribution < 1.29 is 0 Å². The van der Waals surface area contributed by atoms with Gasteiger partial charge in [0.15, 0.2) is 0 Å². The van der Waals surface area contributed by atoms with E-state index in [4.69, 9.17) is 11.6 Å². The molecule has 17 heavy (non-hydrogen) atoms. The second-order valence-corrected chi connectivity index (χ2v) is 6.37. The minimum Gasteiger partial charge on any atom is -0.311 e. The van der Waals surface area contributed by atoms with Gasteiger partial charge >= 0.3 is 0 Å². The molecule has 0 aliphatic carbocycles. The molecule has 0 unspecified atom stereocenters. The number of hydrogen-bond donors (Lipinski definition) is 1. The van der Waals surface area contributed by atoms with Crippen LogP contribution in [0.4, 0.5) is 0 Å². The molecule has 2 nitrogen and oxygen atoms in total. The molecule has 1 aromatic rings. The van der Waals surface area contributed by atoms with Crippen molar-refractivity contribution in [3.8, 4) is 0 Å². The van der Waals surface area contributed by atoms with Gasteiger partial charge in [0.2, 0.25) is 0 Å². The quantitative estimate of drug-likeness (QED) is 0.893. The average molecular weight is 320 g/mol. The van der Waals surface area contributed by atoms with E-state index in [-0.39, 0.29) is 5.54 Å². The summed E-state index contributed by atoms with van der Waals surface area (Å²) in [6.45, 7) is 6.14. The highest BCUT2D eigenvalue weighted by Crippen LogP contribution is 2.21. The van der Waals surface area contributed by atoms with Crippen molar-refractivity contribution in [3.05, 3.63) is 33.3 Å². The third-order valence-electron chi connectivity index (χ3n) is 3.10. The number of rotatable bonds is 5. The van der Waals surface area contributed by atoms with Crippen LogP contribution >= 0.6 is 27.5 Å². The van der Waals surface area contributed by atoms with Gasteiger partial charge in [0.05, 0.1) is 0 Å². The predicted octanol–water partition coefficient (Wildman–Crippen LogP) is 3.53. The molecule has 1 N–H and O–H groups in total. The maximum atomic E-state index is 6.16. The summed E-state index contributed by atoms with van der Waals surface area (Å²) in [4.78, 5) is 2.21. The second kappa shape index (κ2) is 6.19. The highest BCUT2D eigenvalue weighted by atomic mass is 79.9. The number of nitrogens with zero attached hydrogens (tertiary/aromatic N) is 1. The first kappa shape index (κ1) is 15.0. The van der Waals surface area contributed by atoms with Gasteiger partial charge in [-0.1, -0.05) is 33.6 Å². The van der Waals surface area contributed by atoms with Crippen molar-refractivity contribution in [1.82, 2.24) is 10.2 Å². The molecule has 0 radical (unpaired) electrons. The van der Waals surface area contributed by atoms with Crippen LogP contribution in [-0.2, 0) is 6.54 Å². The van der Waals surface area contributed by atoms with Crippen molar-refractivity contribution in [1.29, 1.82) is 0 Å². The van der Waals surface area contributed by atoms with E-state index in [1.807, 2.05) is 18.2 Å². The van der Waals surface area contributed by atoms with Gasteiger partial charge in [0.25, 0.3) is 0 Å². The predicted molar refractivity (Wildman–Crippen MR) is 78.6 cm³/mol. The Kier molecular flexibility index (Phi) is 5.45. The largest absolute Gasteiger partial charge is 0.311 e.